The van der Waals surface area contributed by atoms with E-state index in [0.29, 0.717) is 29.8 Å². The van der Waals surface area contributed by atoms with Crippen LogP contribution >= 0.6 is 0 Å². The van der Waals surface area contributed by atoms with Crippen LogP contribution in [0.15, 0.2) is 36.8 Å². The second-order valence-electron chi connectivity index (χ2n) is 7.65. The van der Waals surface area contributed by atoms with Gasteiger partial charge in [0.1, 0.15) is 6.33 Å². The number of amides is 2. The van der Waals surface area contributed by atoms with E-state index in [1.807, 2.05) is 0 Å². The SMILES string of the molecule is CN(C)S(=O)(=O)n1cncc1CCCCCCCCN1C(=O)c2ccccc2C1=O. The predicted octanol–water partition coefficient (Wildman–Crippen LogP) is 2.72. The first-order valence-corrected chi connectivity index (χ1v) is 11.6. The highest BCUT2D eigenvalue weighted by Crippen LogP contribution is 2.23. The van der Waals surface area contributed by atoms with Crippen molar-refractivity contribution in [3.8, 4) is 0 Å². The maximum atomic E-state index is 12.3. The van der Waals surface area contributed by atoms with Gasteiger partial charge in [-0.3, -0.25) is 14.5 Å². The summed E-state index contributed by atoms with van der Waals surface area (Å²) in [5, 5.41) is 0. The van der Waals surface area contributed by atoms with Crippen LogP contribution in [-0.4, -0.2) is 59.0 Å². The van der Waals surface area contributed by atoms with Gasteiger partial charge in [-0.2, -0.15) is 12.7 Å². The molecule has 0 atom stereocenters. The average Bonchev–Trinajstić information content (AvgIpc) is 3.29. The number of aryl methyl sites for hydroxylation is 1. The summed E-state index contributed by atoms with van der Waals surface area (Å²) in [6.07, 6.45) is 9.23. The van der Waals surface area contributed by atoms with Gasteiger partial charge < -0.3 is 0 Å². The molecule has 0 saturated heterocycles. The molecule has 0 N–H and O–H groups in total. The van der Waals surface area contributed by atoms with Crippen LogP contribution in [0, 0.1) is 0 Å². The summed E-state index contributed by atoms with van der Waals surface area (Å²) in [7, 11) is -0.526. The lowest BCUT2D eigenvalue weighted by molar-refractivity contribution is 0.0651. The van der Waals surface area contributed by atoms with E-state index >= 15 is 0 Å². The predicted molar refractivity (Wildman–Crippen MR) is 113 cm³/mol. The Bertz CT molecular complexity index is 979. The van der Waals surface area contributed by atoms with Gasteiger partial charge in [0.15, 0.2) is 0 Å². The number of hydrogen-bond donors (Lipinski definition) is 0. The average molecular weight is 433 g/mol. The maximum absolute atomic E-state index is 12.3. The summed E-state index contributed by atoms with van der Waals surface area (Å²) in [6.45, 7) is 0.452. The lowest BCUT2D eigenvalue weighted by Gasteiger charge is -2.14. The van der Waals surface area contributed by atoms with Gasteiger partial charge in [-0.25, -0.2) is 8.96 Å². The molecule has 0 unspecified atom stereocenters. The molecule has 0 fully saturated rings. The van der Waals surface area contributed by atoms with Crippen molar-refractivity contribution in [2.45, 2.75) is 44.9 Å². The summed E-state index contributed by atoms with van der Waals surface area (Å²) in [6, 6.07) is 6.95. The Morgan fingerprint density at radius 1 is 0.900 bits per heavy atom. The summed E-state index contributed by atoms with van der Waals surface area (Å²) < 4.78 is 26.9. The van der Waals surface area contributed by atoms with E-state index in [-0.39, 0.29) is 11.8 Å². The van der Waals surface area contributed by atoms with Crippen molar-refractivity contribution in [1.29, 1.82) is 0 Å². The number of imidazole rings is 1. The molecule has 3 rings (SSSR count). The molecule has 0 saturated carbocycles. The van der Waals surface area contributed by atoms with Crippen LogP contribution in [0.4, 0.5) is 0 Å². The molecule has 2 amide bonds. The van der Waals surface area contributed by atoms with Crippen molar-refractivity contribution in [2.24, 2.45) is 0 Å². The second kappa shape index (κ2) is 9.53. The summed E-state index contributed by atoms with van der Waals surface area (Å²) in [5.74, 6) is -0.389. The Morgan fingerprint density at radius 3 is 2.07 bits per heavy atom. The minimum atomic E-state index is -3.53. The van der Waals surface area contributed by atoms with Gasteiger partial charge >= 0.3 is 10.2 Å². The maximum Gasteiger partial charge on any atom is 0.308 e. The molecule has 1 aromatic carbocycles. The van der Waals surface area contributed by atoms with Crippen LogP contribution in [0.2, 0.25) is 0 Å². The summed E-state index contributed by atoms with van der Waals surface area (Å²) >= 11 is 0. The first kappa shape index (κ1) is 22.2. The number of carbonyl (C=O) groups excluding carboxylic acids is 2. The van der Waals surface area contributed by atoms with Gasteiger partial charge in [0, 0.05) is 26.8 Å². The van der Waals surface area contributed by atoms with Crippen LogP contribution < -0.4 is 0 Å². The van der Waals surface area contributed by atoms with Crippen molar-refractivity contribution < 1.29 is 18.0 Å². The van der Waals surface area contributed by atoms with E-state index in [0.717, 1.165) is 38.5 Å². The van der Waals surface area contributed by atoms with Crippen LogP contribution in [0.3, 0.4) is 0 Å². The van der Waals surface area contributed by atoms with Crippen molar-refractivity contribution in [3.05, 3.63) is 53.6 Å². The van der Waals surface area contributed by atoms with Crippen LogP contribution in [0.5, 0.6) is 0 Å². The lowest BCUT2D eigenvalue weighted by atomic mass is 10.1. The fraction of sp³-hybridized carbons (Fsp3) is 0.476. The van der Waals surface area contributed by atoms with Gasteiger partial charge in [-0.05, 0) is 31.4 Å². The number of fused-ring (bicyclic) bond motifs is 1. The standard InChI is InChI=1S/C21H28N4O4S/c1-23(2)30(28,29)25-16-22-15-17(25)11-7-5-3-4-6-10-14-24-20(26)18-12-8-9-13-19(18)21(24)27/h8-9,12-13,15-16H,3-7,10-11,14H2,1-2H3. The molecule has 1 aromatic heterocycles. The van der Waals surface area contributed by atoms with E-state index in [1.54, 1.807) is 30.5 Å². The first-order valence-electron chi connectivity index (χ1n) is 10.2. The van der Waals surface area contributed by atoms with Gasteiger partial charge in [-0.15, -0.1) is 0 Å². The highest BCUT2D eigenvalue weighted by Gasteiger charge is 2.34. The second-order valence-corrected chi connectivity index (χ2v) is 9.67. The Labute approximate surface area is 177 Å². The number of unbranched alkanes of at least 4 members (excludes halogenated alkanes) is 5. The van der Waals surface area contributed by atoms with Crippen LogP contribution in [0.1, 0.15) is 64.9 Å². The fourth-order valence-corrected chi connectivity index (χ4v) is 4.55. The van der Waals surface area contributed by atoms with Crippen LogP contribution in [-0.2, 0) is 16.6 Å². The van der Waals surface area contributed by atoms with Gasteiger partial charge in [0.2, 0.25) is 0 Å². The normalized spacial score (nSPS) is 14.0. The Hall–Kier alpha value is -2.52. The molecule has 0 aliphatic carbocycles. The van der Waals surface area contributed by atoms with Crippen molar-refractivity contribution in [3.63, 3.8) is 0 Å². The first-order chi connectivity index (χ1) is 14.3. The smallest absolute Gasteiger partial charge is 0.274 e. The molecule has 0 bridgehead atoms. The third-order valence-corrected chi connectivity index (χ3v) is 7.08. The Balaban J connectivity index is 1.34. The lowest BCUT2D eigenvalue weighted by Crippen LogP contribution is -2.30. The largest absolute Gasteiger partial charge is 0.308 e. The van der Waals surface area contributed by atoms with E-state index in [2.05, 4.69) is 4.98 Å². The van der Waals surface area contributed by atoms with Gasteiger partial charge in [0.25, 0.3) is 11.8 Å². The molecule has 9 heteroatoms. The summed E-state index contributed by atoms with van der Waals surface area (Å²) in [4.78, 5) is 30.0. The van der Waals surface area contributed by atoms with E-state index in [9.17, 15) is 18.0 Å². The van der Waals surface area contributed by atoms with Crippen molar-refractivity contribution >= 4 is 22.0 Å². The molecule has 8 nitrogen and oxygen atoms in total. The number of hydrogen-bond acceptors (Lipinski definition) is 5. The Kier molecular flexibility index (Phi) is 7.04. The Morgan fingerprint density at radius 2 is 1.47 bits per heavy atom. The molecule has 1 aliphatic heterocycles. The number of benzene rings is 1. The zero-order valence-corrected chi connectivity index (χ0v) is 18.3. The third-order valence-electron chi connectivity index (χ3n) is 5.33. The molecule has 162 valence electrons. The molecular formula is C21H28N4O4S. The highest BCUT2D eigenvalue weighted by molar-refractivity contribution is 7.87. The number of carbonyl (C=O) groups is 2. The fourth-order valence-electron chi connectivity index (χ4n) is 3.59. The number of rotatable bonds is 11. The summed E-state index contributed by atoms with van der Waals surface area (Å²) in [5.41, 5.74) is 1.69. The topological polar surface area (TPSA) is 92.6 Å². The van der Waals surface area contributed by atoms with Crippen molar-refractivity contribution in [1.82, 2.24) is 18.2 Å². The molecule has 2 heterocycles. The number of aromatic nitrogens is 2. The molecule has 2 aromatic rings. The van der Waals surface area contributed by atoms with Crippen molar-refractivity contribution in [2.75, 3.05) is 20.6 Å². The van der Waals surface area contributed by atoms with E-state index in [1.165, 1.54) is 33.6 Å². The van der Waals surface area contributed by atoms with E-state index in [4.69, 9.17) is 0 Å². The highest BCUT2D eigenvalue weighted by atomic mass is 32.2. The monoisotopic (exact) mass is 432 g/mol. The molecule has 0 radical (unpaired) electrons. The van der Waals surface area contributed by atoms with Gasteiger partial charge in [-0.1, -0.05) is 37.8 Å². The molecule has 1 aliphatic rings. The minimum absolute atomic E-state index is 0.195. The van der Waals surface area contributed by atoms with E-state index < -0.39 is 10.2 Å². The number of nitrogens with zero attached hydrogens (tertiary/aromatic N) is 4. The molecular weight excluding hydrogens is 404 g/mol. The molecule has 30 heavy (non-hydrogen) atoms. The van der Waals surface area contributed by atoms with Gasteiger partial charge in [0.05, 0.1) is 16.8 Å². The zero-order chi connectivity index (χ0) is 21.7. The zero-order valence-electron chi connectivity index (χ0n) is 17.5. The number of imide groups is 1. The third kappa shape index (κ3) is 4.62. The minimum Gasteiger partial charge on any atom is -0.274 e. The van der Waals surface area contributed by atoms with Crippen LogP contribution in [0.25, 0.3) is 0 Å². The molecule has 0 spiro atoms. The quantitative estimate of drug-likeness (QED) is 0.402.